The summed E-state index contributed by atoms with van der Waals surface area (Å²) in [5.41, 5.74) is 0. The molecule has 0 saturated heterocycles. The number of anilines is 1. The number of nitrogens with one attached hydrogen (secondary N) is 1. The van der Waals surface area contributed by atoms with E-state index in [0.717, 1.165) is 16.8 Å². The van der Waals surface area contributed by atoms with Gasteiger partial charge in [-0.1, -0.05) is 22.0 Å². The Morgan fingerprint density at radius 2 is 2.24 bits per heavy atom. The van der Waals surface area contributed by atoms with E-state index in [2.05, 4.69) is 31.2 Å². The molecule has 4 nitrogen and oxygen atoms in total. The van der Waals surface area contributed by atoms with Crippen molar-refractivity contribution in [2.75, 3.05) is 11.9 Å². The highest BCUT2D eigenvalue weighted by molar-refractivity contribution is 9.10. The van der Waals surface area contributed by atoms with Crippen LogP contribution in [0.4, 0.5) is 5.82 Å². The van der Waals surface area contributed by atoms with E-state index in [9.17, 15) is 0 Å². The third-order valence-electron chi connectivity index (χ3n) is 1.99. The van der Waals surface area contributed by atoms with E-state index in [1.165, 1.54) is 0 Å². The van der Waals surface area contributed by atoms with E-state index in [1.807, 2.05) is 31.2 Å². The quantitative estimate of drug-likeness (QED) is 0.938. The van der Waals surface area contributed by atoms with Gasteiger partial charge in [0.05, 0.1) is 12.4 Å². The number of hydrogen-bond acceptors (Lipinski definition) is 4. The zero-order chi connectivity index (χ0) is 12.1. The molecule has 0 atom stereocenters. The first-order valence-electron chi connectivity index (χ1n) is 5.27. The minimum atomic E-state index is 0.474. The lowest BCUT2D eigenvalue weighted by molar-refractivity contribution is 0.460. The van der Waals surface area contributed by atoms with Crippen molar-refractivity contribution in [2.24, 2.45) is 0 Å². The van der Waals surface area contributed by atoms with Gasteiger partial charge in [-0.05, 0) is 25.1 Å². The Labute approximate surface area is 108 Å². The van der Waals surface area contributed by atoms with Gasteiger partial charge >= 0.3 is 0 Å². The van der Waals surface area contributed by atoms with Crippen molar-refractivity contribution < 1.29 is 4.74 Å². The van der Waals surface area contributed by atoms with Crippen molar-refractivity contribution >= 4 is 21.7 Å². The molecule has 2 aromatic rings. The topological polar surface area (TPSA) is 47.0 Å². The lowest BCUT2D eigenvalue weighted by Gasteiger charge is -2.06. The van der Waals surface area contributed by atoms with Crippen molar-refractivity contribution in [1.82, 2.24) is 9.97 Å². The van der Waals surface area contributed by atoms with Gasteiger partial charge in [-0.15, -0.1) is 0 Å². The fourth-order valence-corrected chi connectivity index (χ4v) is 1.69. The predicted octanol–water partition coefficient (Wildman–Crippen LogP) is 3.46. The normalized spacial score (nSPS) is 10.0. The SMILES string of the molecule is CCNc1cncc(Oc2cccc(Br)c2)n1. The summed E-state index contributed by atoms with van der Waals surface area (Å²) in [6, 6.07) is 7.59. The first-order chi connectivity index (χ1) is 8.28. The van der Waals surface area contributed by atoms with Gasteiger partial charge in [0.15, 0.2) is 0 Å². The van der Waals surface area contributed by atoms with Gasteiger partial charge < -0.3 is 10.1 Å². The highest BCUT2D eigenvalue weighted by Crippen LogP contribution is 2.23. The molecule has 0 spiro atoms. The Kier molecular flexibility index (Phi) is 3.93. The molecule has 0 bridgehead atoms. The Morgan fingerprint density at radius 1 is 1.35 bits per heavy atom. The van der Waals surface area contributed by atoms with Gasteiger partial charge in [-0.2, -0.15) is 4.98 Å². The predicted molar refractivity (Wildman–Crippen MR) is 70.4 cm³/mol. The Bertz CT molecular complexity index is 505. The number of aromatic nitrogens is 2. The molecule has 1 heterocycles. The summed E-state index contributed by atoms with van der Waals surface area (Å²) in [4.78, 5) is 8.34. The van der Waals surface area contributed by atoms with Crippen LogP contribution in [0.3, 0.4) is 0 Å². The van der Waals surface area contributed by atoms with Crippen LogP contribution in [0.25, 0.3) is 0 Å². The van der Waals surface area contributed by atoms with Gasteiger partial charge in [0.2, 0.25) is 5.88 Å². The fourth-order valence-electron chi connectivity index (χ4n) is 1.31. The number of nitrogens with zero attached hydrogens (tertiary/aromatic N) is 2. The second-order valence-corrected chi connectivity index (χ2v) is 4.25. The van der Waals surface area contributed by atoms with Crippen LogP contribution in [-0.4, -0.2) is 16.5 Å². The lowest BCUT2D eigenvalue weighted by atomic mass is 10.3. The van der Waals surface area contributed by atoms with E-state index in [-0.39, 0.29) is 0 Å². The maximum atomic E-state index is 5.60. The maximum Gasteiger partial charge on any atom is 0.239 e. The Balaban J connectivity index is 2.15. The number of ether oxygens (including phenoxy) is 1. The molecule has 0 saturated carbocycles. The van der Waals surface area contributed by atoms with Crippen LogP contribution in [0.2, 0.25) is 0 Å². The highest BCUT2D eigenvalue weighted by Gasteiger charge is 2.01. The minimum Gasteiger partial charge on any atom is -0.437 e. The summed E-state index contributed by atoms with van der Waals surface area (Å²) in [5.74, 6) is 1.91. The molecular formula is C12H12BrN3O. The number of halogens is 1. The zero-order valence-electron chi connectivity index (χ0n) is 9.35. The van der Waals surface area contributed by atoms with Crippen LogP contribution in [0.5, 0.6) is 11.6 Å². The molecule has 1 N–H and O–H groups in total. The average Bonchev–Trinajstić information content (AvgIpc) is 2.30. The molecule has 0 aliphatic heterocycles. The first kappa shape index (κ1) is 11.9. The summed E-state index contributed by atoms with van der Waals surface area (Å²) in [6.45, 7) is 2.80. The summed E-state index contributed by atoms with van der Waals surface area (Å²) in [5, 5.41) is 3.08. The Morgan fingerprint density at radius 3 is 3.00 bits per heavy atom. The van der Waals surface area contributed by atoms with Crippen LogP contribution in [0.1, 0.15) is 6.92 Å². The van der Waals surface area contributed by atoms with Gasteiger partial charge in [0.25, 0.3) is 0 Å². The van der Waals surface area contributed by atoms with E-state index in [1.54, 1.807) is 12.4 Å². The fraction of sp³-hybridized carbons (Fsp3) is 0.167. The molecule has 0 fully saturated rings. The monoisotopic (exact) mass is 293 g/mol. The van der Waals surface area contributed by atoms with E-state index < -0.39 is 0 Å². The third kappa shape index (κ3) is 3.42. The first-order valence-corrected chi connectivity index (χ1v) is 6.06. The molecule has 5 heteroatoms. The van der Waals surface area contributed by atoms with Crippen LogP contribution in [0, 0.1) is 0 Å². The molecule has 2 rings (SSSR count). The summed E-state index contributed by atoms with van der Waals surface area (Å²) in [7, 11) is 0. The minimum absolute atomic E-state index is 0.474. The van der Waals surface area contributed by atoms with E-state index in [0.29, 0.717) is 11.7 Å². The average molecular weight is 294 g/mol. The molecule has 1 aromatic carbocycles. The molecule has 0 aliphatic rings. The molecule has 0 amide bonds. The molecule has 0 aliphatic carbocycles. The maximum absolute atomic E-state index is 5.60. The molecule has 1 aromatic heterocycles. The molecular weight excluding hydrogens is 282 g/mol. The summed E-state index contributed by atoms with van der Waals surface area (Å²) < 4.78 is 6.57. The van der Waals surface area contributed by atoms with Crippen LogP contribution < -0.4 is 10.1 Å². The summed E-state index contributed by atoms with van der Waals surface area (Å²) in [6.07, 6.45) is 3.25. The van der Waals surface area contributed by atoms with Gasteiger partial charge in [-0.25, -0.2) is 0 Å². The number of rotatable bonds is 4. The molecule has 17 heavy (non-hydrogen) atoms. The second-order valence-electron chi connectivity index (χ2n) is 3.33. The van der Waals surface area contributed by atoms with Gasteiger partial charge in [0, 0.05) is 11.0 Å². The van der Waals surface area contributed by atoms with E-state index in [4.69, 9.17) is 4.74 Å². The Hall–Kier alpha value is -1.62. The van der Waals surface area contributed by atoms with Crippen LogP contribution >= 0.6 is 15.9 Å². The van der Waals surface area contributed by atoms with Crippen LogP contribution in [0.15, 0.2) is 41.1 Å². The lowest BCUT2D eigenvalue weighted by Crippen LogP contribution is -2.00. The van der Waals surface area contributed by atoms with Crippen LogP contribution in [-0.2, 0) is 0 Å². The smallest absolute Gasteiger partial charge is 0.239 e. The van der Waals surface area contributed by atoms with Crippen molar-refractivity contribution in [2.45, 2.75) is 6.92 Å². The summed E-state index contributed by atoms with van der Waals surface area (Å²) >= 11 is 3.39. The molecule has 88 valence electrons. The zero-order valence-corrected chi connectivity index (χ0v) is 10.9. The second kappa shape index (κ2) is 5.63. The third-order valence-corrected chi connectivity index (χ3v) is 2.48. The molecule has 0 unspecified atom stereocenters. The van der Waals surface area contributed by atoms with Crippen molar-refractivity contribution in [3.63, 3.8) is 0 Å². The van der Waals surface area contributed by atoms with Crippen molar-refractivity contribution in [3.05, 3.63) is 41.1 Å². The van der Waals surface area contributed by atoms with Crippen molar-refractivity contribution in [1.29, 1.82) is 0 Å². The largest absolute Gasteiger partial charge is 0.437 e. The number of benzene rings is 1. The van der Waals surface area contributed by atoms with E-state index >= 15 is 0 Å². The highest BCUT2D eigenvalue weighted by atomic mass is 79.9. The number of hydrogen-bond donors (Lipinski definition) is 1. The van der Waals surface area contributed by atoms with Gasteiger partial charge in [-0.3, -0.25) is 4.98 Å². The van der Waals surface area contributed by atoms with Gasteiger partial charge in [0.1, 0.15) is 11.6 Å². The van der Waals surface area contributed by atoms with Crippen molar-refractivity contribution in [3.8, 4) is 11.6 Å². The standard InChI is InChI=1S/C12H12BrN3O/c1-2-15-11-7-14-8-12(16-11)17-10-5-3-4-9(13)6-10/h3-8H,2H2,1H3,(H,15,16). The molecule has 0 radical (unpaired) electrons.